The average Bonchev–Trinajstić information content (AvgIpc) is 2.95. The van der Waals surface area contributed by atoms with Gasteiger partial charge in [-0.3, -0.25) is 19.7 Å². The van der Waals surface area contributed by atoms with Crippen LogP contribution in [0.2, 0.25) is 0 Å². The van der Waals surface area contributed by atoms with Crippen molar-refractivity contribution in [2.45, 2.75) is 24.9 Å². The molecule has 2 aliphatic rings. The summed E-state index contributed by atoms with van der Waals surface area (Å²) >= 11 is 0. The van der Waals surface area contributed by atoms with Gasteiger partial charge in [0.15, 0.2) is 0 Å². The number of amides is 3. The molecule has 2 aromatic rings. The fourth-order valence-electron chi connectivity index (χ4n) is 3.73. The van der Waals surface area contributed by atoms with Gasteiger partial charge in [-0.2, -0.15) is 0 Å². The summed E-state index contributed by atoms with van der Waals surface area (Å²) in [6, 6.07) is 13.8. The largest absolute Gasteiger partial charge is 0.497 e. The fourth-order valence-corrected chi connectivity index (χ4v) is 3.73. The molecule has 4 rings (SSSR count). The van der Waals surface area contributed by atoms with E-state index in [9.17, 15) is 14.4 Å². The van der Waals surface area contributed by atoms with Gasteiger partial charge < -0.3 is 9.64 Å². The van der Waals surface area contributed by atoms with Gasteiger partial charge in [0.25, 0.3) is 5.91 Å². The number of nitrogens with zero attached hydrogens (tertiary/aromatic N) is 1. The molecule has 0 saturated carbocycles. The summed E-state index contributed by atoms with van der Waals surface area (Å²) in [7, 11) is 1.60. The summed E-state index contributed by atoms with van der Waals surface area (Å²) in [5.74, 6) is -0.174. The number of carbonyl (C=O) groups excluding carboxylic acids is 3. The number of hydrogen-bond acceptors (Lipinski definition) is 4. The van der Waals surface area contributed by atoms with Gasteiger partial charge in [0, 0.05) is 12.0 Å². The number of piperidine rings is 1. The highest BCUT2D eigenvalue weighted by Gasteiger charge is 2.45. The number of imide groups is 1. The van der Waals surface area contributed by atoms with E-state index in [2.05, 4.69) is 5.32 Å². The molecule has 0 bridgehead atoms. The molecule has 6 heteroatoms. The second-order valence-corrected chi connectivity index (χ2v) is 6.44. The van der Waals surface area contributed by atoms with Gasteiger partial charge in [-0.25, -0.2) is 0 Å². The van der Waals surface area contributed by atoms with E-state index < -0.39 is 11.9 Å². The molecule has 1 saturated heterocycles. The number of fused-ring (bicyclic) bond motifs is 1. The number of nitrogens with one attached hydrogen (secondary N) is 1. The lowest BCUT2D eigenvalue weighted by atomic mass is 9.96. The third-order valence-corrected chi connectivity index (χ3v) is 4.98. The van der Waals surface area contributed by atoms with E-state index in [1.807, 2.05) is 42.5 Å². The van der Waals surface area contributed by atoms with Gasteiger partial charge in [0.05, 0.1) is 13.2 Å². The van der Waals surface area contributed by atoms with Gasteiger partial charge in [0.1, 0.15) is 11.8 Å². The Morgan fingerprint density at radius 2 is 1.77 bits per heavy atom. The predicted octanol–water partition coefficient (Wildman–Crippen LogP) is 2.05. The second kappa shape index (κ2) is 6.29. The maximum Gasteiger partial charge on any atom is 0.255 e. The van der Waals surface area contributed by atoms with Crippen molar-refractivity contribution in [2.24, 2.45) is 0 Å². The zero-order chi connectivity index (χ0) is 18.3. The van der Waals surface area contributed by atoms with Crippen LogP contribution in [0.25, 0.3) is 0 Å². The molecule has 2 atom stereocenters. The van der Waals surface area contributed by atoms with Crippen molar-refractivity contribution in [3.05, 3.63) is 65.2 Å². The highest BCUT2D eigenvalue weighted by atomic mass is 16.5. The number of benzene rings is 2. The average molecular weight is 350 g/mol. The van der Waals surface area contributed by atoms with E-state index in [1.165, 1.54) is 0 Å². The van der Waals surface area contributed by atoms with Crippen LogP contribution >= 0.6 is 0 Å². The van der Waals surface area contributed by atoms with Crippen LogP contribution in [0.15, 0.2) is 48.5 Å². The predicted molar refractivity (Wildman–Crippen MR) is 93.6 cm³/mol. The molecular formula is C20H18N2O4. The molecule has 1 N–H and O–H groups in total. The highest BCUT2D eigenvalue weighted by Crippen LogP contribution is 2.41. The Bertz CT molecular complexity index is 891. The molecule has 2 unspecified atom stereocenters. The lowest BCUT2D eigenvalue weighted by molar-refractivity contribution is -0.137. The van der Waals surface area contributed by atoms with Crippen LogP contribution in [-0.2, 0) is 9.59 Å². The van der Waals surface area contributed by atoms with Crippen LogP contribution in [0.3, 0.4) is 0 Å². The second-order valence-electron chi connectivity index (χ2n) is 6.44. The van der Waals surface area contributed by atoms with Crippen molar-refractivity contribution in [3.63, 3.8) is 0 Å². The quantitative estimate of drug-likeness (QED) is 0.860. The maximum atomic E-state index is 13.1. The smallest absolute Gasteiger partial charge is 0.255 e. The normalized spacial score (nSPS) is 22.2. The van der Waals surface area contributed by atoms with E-state index in [4.69, 9.17) is 4.74 Å². The minimum absolute atomic E-state index is 0.184. The first-order valence-corrected chi connectivity index (χ1v) is 8.49. The molecule has 0 spiro atoms. The van der Waals surface area contributed by atoms with Gasteiger partial charge in [-0.1, -0.05) is 30.3 Å². The highest BCUT2D eigenvalue weighted by molar-refractivity contribution is 6.06. The van der Waals surface area contributed by atoms with E-state index in [0.717, 1.165) is 16.9 Å². The maximum absolute atomic E-state index is 13.1. The molecule has 0 aromatic heterocycles. The topological polar surface area (TPSA) is 75.7 Å². The van der Waals surface area contributed by atoms with E-state index in [-0.39, 0.29) is 24.3 Å². The molecule has 6 nitrogen and oxygen atoms in total. The fraction of sp³-hybridized carbons (Fsp3) is 0.250. The Morgan fingerprint density at radius 3 is 2.46 bits per heavy atom. The first kappa shape index (κ1) is 16.3. The Balaban J connectivity index is 1.79. The van der Waals surface area contributed by atoms with Crippen molar-refractivity contribution in [1.82, 2.24) is 10.2 Å². The first-order chi connectivity index (χ1) is 12.6. The molecule has 2 aromatic carbocycles. The Labute approximate surface area is 150 Å². The molecule has 2 aliphatic heterocycles. The SMILES string of the molecule is COc1ccc(C2c3ccccc3C(=O)N2C2CCC(=O)NC2=O)cc1. The van der Waals surface area contributed by atoms with Crippen LogP contribution in [0, 0.1) is 0 Å². The van der Waals surface area contributed by atoms with Crippen molar-refractivity contribution in [1.29, 1.82) is 0 Å². The molecule has 0 aliphatic carbocycles. The molecule has 2 heterocycles. The standard InChI is InChI=1S/C20H18N2O4/c1-26-13-8-6-12(7-9-13)18-14-4-2-3-5-15(14)20(25)22(18)16-10-11-17(23)21-19(16)24/h2-9,16,18H,10-11H2,1H3,(H,21,23,24). The van der Waals surface area contributed by atoms with Crippen LogP contribution in [0.1, 0.15) is 40.4 Å². The summed E-state index contributed by atoms with van der Waals surface area (Å²) in [5.41, 5.74) is 2.36. The minimum Gasteiger partial charge on any atom is -0.497 e. The number of rotatable bonds is 3. The summed E-state index contributed by atoms with van der Waals surface area (Å²) in [5, 5.41) is 2.35. The summed E-state index contributed by atoms with van der Waals surface area (Å²) in [6.45, 7) is 0. The van der Waals surface area contributed by atoms with Crippen LogP contribution in [-0.4, -0.2) is 35.8 Å². The van der Waals surface area contributed by atoms with Gasteiger partial charge in [-0.05, 0) is 35.7 Å². The van der Waals surface area contributed by atoms with Gasteiger partial charge in [-0.15, -0.1) is 0 Å². The summed E-state index contributed by atoms with van der Waals surface area (Å²) in [4.78, 5) is 38.6. The third-order valence-electron chi connectivity index (χ3n) is 4.98. The van der Waals surface area contributed by atoms with Crippen LogP contribution < -0.4 is 10.1 Å². The van der Waals surface area contributed by atoms with E-state index in [0.29, 0.717) is 12.0 Å². The van der Waals surface area contributed by atoms with E-state index in [1.54, 1.807) is 18.1 Å². The monoisotopic (exact) mass is 350 g/mol. The molecule has 0 radical (unpaired) electrons. The van der Waals surface area contributed by atoms with Crippen LogP contribution in [0.5, 0.6) is 5.75 Å². The number of carbonyl (C=O) groups is 3. The van der Waals surface area contributed by atoms with E-state index >= 15 is 0 Å². The van der Waals surface area contributed by atoms with Crippen molar-refractivity contribution < 1.29 is 19.1 Å². The lowest BCUT2D eigenvalue weighted by Crippen LogP contribution is -2.53. The van der Waals surface area contributed by atoms with Crippen molar-refractivity contribution in [2.75, 3.05) is 7.11 Å². The Kier molecular flexibility index (Phi) is 3.95. The lowest BCUT2D eigenvalue weighted by Gasteiger charge is -2.34. The zero-order valence-corrected chi connectivity index (χ0v) is 14.3. The molecule has 3 amide bonds. The first-order valence-electron chi connectivity index (χ1n) is 8.49. The summed E-state index contributed by atoms with van der Waals surface area (Å²) < 4.78 is 5.21. The summed E-state index contributed by atoms with van der Waals surface area (Å²) in [6.07, 6.45) is 0.558. The number of methoxy groups -OCH3 is 1. The molecule has 1 fully saturated rings. The van der Waals surface area contributed by atoms with Gasteiger partial charge >= 0.3 is 0 Å². The minimum atomic E-state index is -0.667. The number of hydrogen-bond donors (Lipinski definition) is 1. The van der Waals surface area contributed by atoms with Crippen LogP contribution in [0.4, 0.5) is 0 Å². The van der Waals surface area contributed by atoms with Crippen molar-refractivity contribution in [3.8, 4) is 5.75 Å². The molecular weight excluding hydrogens is 332 g/mol. The van der Waals surface area contributed by atoms with Crippen molar-refractivity contribution >= 4 is 17.7 Å². The zero-order valence-electron chi connectivity index (χ0n) is 14.3. The molecule has 132 valence electrons. The third kappa shape index (κ3) is 2.54. The Morgan fingerprint density at radius 1 is 1.04 bits per heavy atom. The van der Waals surface area contributed by atoms with Gasteiger partial charge in [0.2, 0.25) is 11.8 Å². The Hall–Kier alpha value is -3.15. The molecule has 26 heavy (non-hydrogen) atoms. The number of ether oxygens (including phenoxy) is 1.